The zero-order chi connectivity index (χ0) is 22.2. The molecule has 0 spiro atoms. The highest BCUT2D eigenvalue weighted by Crippen LogP contribution is 2.39. The molecule has 0 bridgehead atoms. The minimum absolute atomic E-state index is 0.0730. The van der Waals surface area contributed by atoms with Crippen molar-refractivity contribution < 1.29 is 19.4 Å². The van der Waals surface area contributed by atoms with E-state index in [-0.39, 0.29) is 12.5 Å². The molecule has 6 heteroatoms. The lowest BCUT2D eigenvalue weighted by Crippen LogP contribution is -2.48. The highest BCUT2D eigenvalue weighted by molar-refractivity contribution is 6.01. The fourth-order valence-corrected chi connectivity index (χ4v) is 4.50. The van der Waals surface area contributed by atoms with Gasteiger partial charge in [-0.25, -0.2) is 4.79 Å². The number of ether oxygens (including phenoxy) is 1. The standard InChI is InChI=1S/C25H30N2O4/c1-25(2,3)31-24(30)27-12-7-10-21(27)23(29)26-13-11-19-20(18-8-5-4-6-9-18)14-17(16-28)15-22(19)26/h4-6,8-9,14-15,21,28H,7,10-13,16H2,1-3H3. The van der Waals surface area contributed by atoms with Crippen LogP contribution in [-0.2, 0) is 22.6 Å². The maximum Gasteiger partial charge on any atom is 0.410 e. The van der Waals surface area contributed by atoms with Gasteiger partial charge in [-0.15, -0.1) is 0 Å². The Balaban J connectivity index is 1.65. The average molecular weight is 423 g/mol. The molecule has 2 amide bonds. The number of hydrogen-bond acceptors (Lipinski definition) is 4. The molecule has 0 aromatic heterocycles. The fraction of sp³-hybridized carbons (Fsp3) is 0.440. The van der Waals surface area contributed by atoms with E-state index in [2.05, 4.69) is 0 Å². The van der Waals surface area contributed by atoms with E-state index < -0.39 is 17.7 Å². The smallest absolute Gasteiger partial charge is 0.410 e. The Morgan fingerprint density at radius 1 is 1.13 bits per heavy atom. The molecule has 0 saturated carbocycles. The van der Waals surface area contributed by atoms with Crippen LogP contribution in [0.15, 0.2) is 42.5 Å². The van der Waals surface area contributed by atoms with Crippen molar-refractivity contribution in [2.45, 2.75) is 58.3 Å². The summed E-state index contributed by atoms with van der Waals surface area (Å²) in [6.07, 6.45) is 1.73. The molecule has 0 aliphatic carbocycles. The topological polar surface area (TPSA) is 70.1 Å². The zero-order valence-corrected chi connectivity index (χ0v) is 18.4. The average Bonchev–Trinajstić information content (AvgIpc) is 3.39. The van der Waals surface area contributed by atoms with Gasteiger partial charge in [0.15, 0.2) is 0 Å². The third-order valence-electron chi connectivity index (χ3n) is 5.86. The molecule has 1 unspecified atom stereocenters. The minimum atomic E-state index is -0.603. The second-order valence-corrected chi connectivity index (χ2v) is 9.24. The van der Waals surface area contributed by atoms with E-state index in [9.17, 15) is 14.7 Å². The SMILES string of the molecule is CC(C)(C)OC(=O)N1CCCC1C(=O)N1CCc2c(-c3ccccc3)cc(CO)cc21. The number of rotatable bonds is 3. The summed E-state index contributed by atoms with van der Waals surface area (Å²) in [5.74, 6) is -0.0730. The summed E-state index contributed by atoms with van der Waals surface area (Å²) in [6.45, 7) is 6.49. The van der Waals surface area contributed by atoms with Crippen LogP contribution in [0.2, 0.25) is 0 Å². The molecule has 31 heavy (non-hydrogen) atoms. The van der Waals surface area contributed by atoms with Gasteiger partial charge in [-0.2, -0.15) is 0 Å². The largest absolute Gasteiger partial charge is 0.444 e. The highest BCUT2D eigenvalue weighted by atomic mass is 16.6. The van der Waals surface area contributed by atoms with Crippen LogP contribution in [0.1, 0.15) is 44.7 Å². The fourth-order valence-electron chi connectivity index (χ4n) is 4.50. The maximum absolute atomic E-state index is 13.6. The molecule has 4 rings (SSSR count). The Bertz CT molecular complexity index is 981. The maximum atomic E-state index is 13.6. The number of aliphatic hydroxyl groups is 1. The second-order valence-electron chi connectivity index (χ2n) is 9.24. The van der Waals surface area contributed by atoms with Crippen LogP contribution < -0.4 is 4.90 Å². The number of anilines is 1. The van der Waals surface area contributed by atoms with Crippen molar-refractivity contribution in [1.29, 1.82) is 0 Å². The van der Waals surface area contributed by atoms with Crippen molar-refractivity contribution in [1.82, 2.24) is 4.90 Å². The number of likely N-dealkylation sites (tertiary alicyclic amines) is 1. The number of carbonyl (C=O) groups is 2. The zero-order valence-electron chi connectivity index (χ0n) is 18.4. The van der Waals surface area contributed by atoms with Crippen LogP contribution in [-0.4, -0.2) is 46.7 Å². The number of hydrogen-bond donors (Lipinski definition) is 1. The van der Waals surface area contributed by atoms with Gasteiger partial charge in [-0.1, -0.05) is 30.3 Å². The molecular formula is C25H30N2O4. The number of amides is 2. The third kappa shape index (κ3) is 4.30. The molecule has 2 aliphatic rings. The summed E-state index contributed by atoms with van der Waals surface area (Å²) in [6, 6.07) is 13.4. The van der Waals surface area contributed by atoms with E-state index in [1.54, 1.807) is 9.80 Å². The van der Waals surface area contributed by atoms with Gasteiger partial charge in [0.1, 0.15) is 11.6 Å². The van der Waals surface area contributed by atoms with Gasteiger partial charge < -0.3 is 14.7 Å². The molecule has 2 heterocycles. The van der Waals surface area contributed by atoms with E-state index >= 15 is 0 Å². The second kappa shape index (κ2) is 8.35. The summed E-state index contributed by atoms with van der Waals surface area (Å²) in [7, 11) is 0. The Kier molecular flexibility index (Phi) is 5.75. The quantitative estimate of drug-likeness (QED) is 0.807. The van der Waals surface area contributed by atoms with Crippen molar-refractivity contribution in [3.05, 3.63) is 53.6 Å². The van der Waals surface area contributed by atoms with Gasteiger partial charge in [0.25, 0.3) is 0 Å². The molecule has 6 nitrogen and oxygen atoms in total. The lowest BCUT2D eigenvalue weighted by molar-refractivity contribution is -0.122. The summed E-state index contributed by atoms with van der Waals surface area (Å²) < 4.78 is 5.53. The van der Waals surface area contributed by atoms with E-state index in [0.717, 1.165) is 40.8 Å². The number of benzene rings is 2. The van der Waals surface area contributed by atoms with Crippen molar-refractivity contribution in [2.24, 2.45) is 0 Å². The Labute approximate surface area is 183 Å². The molecule has 1 atom stereocenters. The van der Waals surface area contributed by atoms with Crippen LogP contribution in [0.5, 0.6) is 0 Å². The lowest BCUT2D eigenvalue weighted by Gasteiger charge is -2.30. The third-order valence-corrected chi connectivity index (χ3v) is 5.86. The summed E-state index contributed by atoms with van der Waals surface area (Å²) in [5.41, 5.74) is 4.24. The van der Waals surface area contributed by atoms with Crippen molar-refractivity contribution >= 4 is 17.7 Å². The van der Waals surface area contributed by atoms with Crippen molar-refractivity contribution in [2.75, 3.05) is 18.0 Å². The van der Waals surface area contributed by atoms with E-state index in [0.29, 0.717) is 19.5 Å². The number of carbonyl (C=O) groups excluding carboxylic acids is 2. The first-order chi connectivity index (χ1) is 14.8. The van der Waals surface area contributed by atoms with Crippen LogP contribution in [0.3, 0.4) is 0 Å². The molecule has 164 valence electrons. The van der Waals surface area contributed by atoms with E-state index in [4.69, 9.17) is 4.74 Å². The molecule has 2 aromatic carbocycles. The van der Waals surface area contributed by atoms with Crippen molar-refractivity contribution in [3.63, 3.8) is 0 Å². The van der Waals surface area contributed by atoms with Crippen LogP contribution >= 0.6 is 0 Å². The summed E-state index contributed by atoms with van der Waals surface area (Å²) in [4.78, 5) is 29.6. The van der Waals surface area contributed by atoms with Gasteiger partial charge in [-0.05, 0) is 74.4 Å². The van der Waals surface area contributed by atoms with Crippen LogP contribution in [0.4, 0.5) is 10.5 Å². The van der Waals surface area contributed by atoms with E-state index in [1.165, 1.54) is 0 Å². The monoisotopic (exact) mass is 422 g/mol. The first-order valence-corrected chi connectivity index (χ1v) is 10.9. The van der Waals surface area contributed by atoms with Gasteiger partial charge >= 0.3 is 6.09 Å². The predicted molar refractivity (Wildman–Crippen MR) is 120 cm³/mol. The van der Waals surface area contributed by atoms with E-state index in [1.807, 2.05) is 63.2 Å². The molecule has 2 aliphatic heterocycles. The van der Waals surface area contributed by atoms with Gasteiger partial charge in [0.2, 0.25) is 5.91 Å². The number of nitrogens with zero attached hydrogens (tertiary/aromatic N) is 2. The molecule has 1 fully saturated rings. The first-order valence-electron chi connectivity index (χ1n) is 10.9. The van der Waals surface area contributed by atoms with Gasteiger partial charge in [0.05, 0.1) is 6.61 Å². The van der Waals surface area contributed by atoms with Crippen LogP contribution in [0.25, 0.3) is 11.1 Å². The Morgan fingerprint density at radius 3 is 2.55 bits per heavy atom. The number of fused-ring (bicyclic) bond motifs is 1. The Morgan fingerprint density at radius 2 is 1.87 bits per heavy atom. The Hall–Kier alpha value is -2.86. The predicted octanol–water partition coefficient (Wildman–Crippen LogP) is 4.13. The van der Waals surface area contributed by atoms with Crippen molar-refractivity contribution in [3.8, 4) is 11.1 Å². The van der Waals surface area contributed by atoms with Gasteiger partial charge in [0, 0.05) is 18.8 Å². The van der Waals surface area contributed by atoms with Gasteiger partial charge in [-0.3, -0.25) is 9.69 Å². The molecule has 1 N–H and O–H groups in total. The molecule has 2 aromatic rings. The number of aliphatic hydroxyl groups excluding tert-OH is 1. The summed E-state index contributed by atoms with van der Waals surface area (Å²) >= 11 is 0. The van der Waals surface area contributed by atoms with Crippen LogP contribution in [0, 0.1) is 0 Å². The normalized spacial score (nSPS) is 18.3. The lowest BCUT2D eigenvalue weighted by atomic mass is 9.95. The first kappa shape index (κ1) is 21.4. The minimum Gasteiger partial charge on any atom is -0.444 e. The molecule has 0 radical (unpaired) electrons. The molecular weight excluding hydrogens is 392 g/mol. The molecule has 1 saturated heterocycles. The highest BCUT2D eigenvalue weighted by Gasteiger charge is 2.40. The summed E-state index contributed by atoms with van der Waals surface area (Å²) in [5, 5.41) is 9.83.